The van der Waals surface area contributed by atoms with Crippen molar-refractivity contribution in [2.45, 2.75) is 27.7 Å². The van der Waals surface area contributed by atoms with Gasteiger partial charge in [-0.05, 0) is 25.5 Å². The number of hydrogen-bond donors (Lipinski definition) is 0. The second-order valence-electron chi connectivity index (χ2n) is 5.25. The Morgan fingerprint density at radius 2 is 1.94 bits per heavy atom. The van der Waals surface area contributed by atoms with Crippen molar-refractivity contribution in [3.05, 3.63) is 33.4 Å². The van der Waals surface area contributed by atoms with Gasteiger partial charge in [0, 0.05) is 22.4 Å². The molecule has 18 heavy (non-hydrogen) atoms. The Kier molecular flexibility index (Phi) is 4.73. The van der Waals surface area contributed by atoms with Gasteiger partial charge < -0.3 is 4.74 Å². The minimum absolute atomic E-state index is 0.0299. The van der Waals surface area contributed by atoms with E-state index in [1.807, 2.05) is 6.92 Å². The molecule has 0 fully saturated rings. The van der Waals surface area contributed by atoms with Crippen molar-refractivity contribution in [2.24, 2.45) is 5.41 Å². The number of aryl methyl sites for hydroxylation is 2. The van der Waals surface area contributed by atoms with Crippen molar-refractivity contribution in [3.63, 3.8) is 0 Å². The van der Waals surface area contributed by atoms with E-state index in [1.165, 1.54) is 0 Å². The quantitative estimate of drug-likeness (QED) is 0.468. The number of rotatable bonds is 5. The molecule has 1 aromatic carbocycles. The molecule has 0 bridgehead atoms. The predicted molar refractivity (Wildman–Crippen MR) is 75.6 cm³/mol. The minimum Gasteiger partial charge on any atom is -0.493 e. The van der Waals surface area contributed by atoms with Crippen molar-refractivity contribution < 1.29 is 9.66 Å². The number of nitro groups is 1. The predicted octanol–water partition coefficient (Wildman–Crippen LogP) is 4.01. The molecule has 0 aliphatic heterocycles. The van der Waals surface area contributed by atoms with Crippen molar-refractivity contribution in [1.82, 2.24) is 0 Å². The topological polar surface area (TPSA) is 52.4 Å². The molecule has 0 spiro atoms. The fourth-order valence-electron chi connectivity index (χ4n) is 1.44. The summed E-state index contributed by atoms with van der Waals surface area (Å²) in [7, 11) is 0. The number of nitro benzene ring substituents is 1. The van der Waals surface area contributed by atoms with E-state index in [0.29, 0.717) is 17.9 Å². The Balaban J connectivity index is 2.92. The average molecular weight is 316 g/mol. The molecule has 5 heteroatoms. The molecular weight excluding hydrogens is 298 g/mol. The van der Waals surface area contributed by atoms with E-state index in [2.05, 4.69) is 29.8 Å². The lowest BCUT2D eigenvalue weighted by atomic mass is 9.98. The van der Waals surface area contributed by atoms with Gasteiger partial charge in [0.2, 0.25) is 0 Å². The third-order valence-corrected chi connectivity index (χ3v) is 4.19. The van der Waals surface area contributed by atoms with Gasteiger partial charge in [-0.15, -0.1) is 0 Å². The zero-order valence-corrected chi connectivity index (χ0v) is 12.7. The lowest BCUT2D eigenvalue weighted by Crippen LogP contribution is -2.23. The van der Waals surface area contributed by atoms with E-state index in [9.17, 15) is 10.1 Å². The normalized spacial score (nSPS) is 11.4. The third-order valence-electron chi connectivity index (χ3n) is 2.67. The second-order valence-corrected chi connectivity index (χ2v) is 5.81. The standard InChI is InChI=1S/C13H18BrNO3/c1-9-6-12(18-8-13(3,4)7-14)10(2)5-11(9)15(16)17/h5-6H,7-8H2,1-4H3. The van der Waals surface area contributed by atoms with Crippen molar-refractivity contribution >= 4 is 21.6 Å². The highest BCUT2D eigenvalue weighted by atomic mass is 79.9. The number of ether oxygens (including phenoxy) is 1. The second kappa shape index (κ2) is 5.69. The maximum Gasteiger partial charge on any atom is 0.272 e. The van der Waals surface area contributed by atoms with Crippen molar-refractivity contribution in [1.29, 1.82) is 0 Å². The molecule has 0 saturated heterocycles. The number of hydrogen-bond acceptors (Lipinski definition) is 3. The molecule has 0 amide bonds. The number of alkyl halides is 1. The number of nitrogens with zero attached hydrogens (tertiary/aromatic N) is 1. The van der Waals surface area contributed by atoms with Gasteiger partial charge >= 0.3 is 0 Å². The van der Waals surface area contributed by atoms with Gasteiger partial charge in [0.15, 0.2) is 0 Å². The van der Waals surface area contributed by atoms with Crippen LogP contribution in [0.25, 0.3) is 0 Å². The fourth-order valence-corrected chi connectivity index (χ4v) is 1.60. The van der Waals surface area contributed by atoms with E-state index < -0.39 is 0 Å². The van der Waals surface area contributed by atoms with E-state index in [1.54, 1.807) is 19.1 Å². The Hall–Kier alpha value is -1.10. The van der Waals surface area contributed by atoms with Crippen LogP contribution in [-0.2, 0) is 0 Å². The van der Waals surface area contributed by atoms with Crippen LogP contribution in [0.1, 0.15) is 25.0 Å². The Morgan fingerprint density at radius 1 is 1.33 bits per heavy atom. The maximum absolute atomic E-state index is 10.8. The maximum atomic E-state index is 10.8. The summed E-state index contributed by atoms with van der Waals surface area (Å²) in [6.07, 6.45) is 0. The van der Waals surface area contributed by atoms with Gasteiger partial charge in [0.1, 0.15) is 5.75 Å². The van der Waals surface area contributed by atoms with Gasteiger partial charge in [-0.25, -0.2) is 0 Å². The molecular formula is C13H18BrNO3. The zero-order chi connectivity index (χ0) is 13.9. The van der Waals surface area contributed by atoms with Gasteiger partial charge in [-0.2, -0.15) is 0 Å². The van der Waals surface area contributed by atoms with Crippen molar-refractivity contribution in [2.75, 3.05) is 11.9 Å². The molecule has 1 rings (SSSR count). The van der Waals surface area contributed by atoms with Crippen LogP contribution < -0.4 is 4.74 Å². The molecule has 100 valence electrons. The van der Waals surface area contributed by atoms with Crippen LogP contribution in [0.3, 0.4) is 0 Å². The Morgan fingerprint density at radius 3 is 2.44 bits per heavy atom. The highest BCUT2D eigenvalue weighted by molar-refractivity contribution is 9.09. The summed E-state index contributed by atoms with van der Waals surface area (Å²) in [6, 6.07) is 3.30. The van der Waals surface area contributed by atoms with Gasteiger partial charge in [-0.1, -0.05) is 29.8 Å². The summed E-state index contributed by atoms with van der Waals surface area (Å²) in [5.74, 6) is 0.715. The smallest absolute Gasteiger partial charge is 0.272 e. The van der Waals surface area contributed by atoms with Gasteiger partial charge in [-0.3, -0.25) is 10.1 Å². The molecule has 0 aromatic heterocycles. The van der Waals surface area contributed by atoms with Crippen LogP contribution in [0, 0.1) is 29.4 Å². The largest absolute Gasteiger partial charge is 0.493 e. The summed E-state index contributed by atoms with van der Waals surface area (Å²) in [5.41, 5.74) is 1.58. The first-order valence-corrected chi connectivity index (χ1v) is 6.83. The molecule has 0 heterocycles. The molecule has 1 aromatic rings. The summed E-state index contributed by atoms with van der Waals surface area (Å²) in [4.78, 5) is 10.4. The molecule has 0 aliphatic rings. The van der Waals surface area contributed by atoms with E-state index >= 15 is 0 Å². The van der Waals surface area contributed by atoms with Crippen LogP contribution >= 0.6 is 15.9 Å². The van der Waals surface area contributed by atoms with Crippen LogP contribution in [0.5, 0.6) is 5.75 Å². The summed E-state index contributed by atoms with van der Waals surface area (Å²) in [6.45, 7) is 8.30. The monoisotopic (exact) mass is 315 g/mol. The molecule has 0 atom stereocenters. The first-order chi connectivity index (χ1) is 8.26. The molecule has 0 N–H and O–H groups in total. The summed E-state index contributed by atoms with van der Waals surface area (Å²) >= 11 is 3.44. The Bertz CT molecular complexity index is 458. The highest BCUT2D eigenvalue weighted by Gasteiger charge is 2.19. The molecule has 0 unspecified atom stereocenters. The number of benzene rings is 1. The summed E-state index contributed by atoms with van der Waals surface area (Å²) in [5, 5.41) is 11.6. The molecule has 4 nitrogen and oxygen atoms in total. The first-order valence-electron chi connectivity index (χ1n) is 5.71. The zero-order valence-electron chi connectivity index (χ0n) is 11.1. The van der Waals surface area contributed by atoms with Gasteiger partial charge in [0.05, 0.1) is 11.5 Å². The first kappa shape index (κ1) is 15.0. The highest BCUT2D eigenvalue weighted by Crippen LogP contribution is 2.29. The Labute approximate surface area is 116 Å². The third kappa shape index (κ3) is 3.70. The molecule has 0 saturated carbocycles. The fraction of sp³-hybridized carbons (Fsp3) is 0.538. The number of halogens is 1. The van der Waals surface area contributed by atoms with E-state index in [-0.39, 0.29) is 16.0 Å². The lowest BCUT2D eigenvalue weighted by molar-refractivity contribution is -0.385. The van der Waals surface area contributed by atoms with Crippen molar-refractivity contribution in [3.8, 4) is 5.75 Å². The van der Waals surface area contributed by atoms with Crippen LogP contribution in [0.15, 0.2) is 12.1 Å². The van der Waals surface area contributed by atoms with Gasteiger partial charge in [0.25, 0.3) is 5.69 Å². The molecule has 0 radical (unpaired) electrons. The van der Waals surface area contributed by atoms with Crippen LogP contribution in [-0.4, -0.2) is 16.9 Å². The van der Waals surface area contributed by atoms with E-state index in [4.69, 9.17) is 4.74 Å². The van der Waals surface area contributed by atoms with Crippen LogP contribution in [0.2, 0.25) is 0 Å². The average Bonchev–Trinajstić information content (AvgIpc) is 2.29. The SMILES string of the molecule is Cc1cc([N+](=O)[O-])c(C)cc1OCC(C)(C)CBr. The summed E-state index contributed by atoms with van der Waals surface area (Å²) < 4.78 is 5.76. The molecule has 0 aliphatic carbocycles. The lowest BCUT2D eigenvalue weighted by Gasteiger charge is -2.22. The van der Waals surface area contributed by atoms with E-state index in [0.717, 1.165) is 10.9 Å². The minimum atomic E-state index is -0.367. The van der Waals surface area contributed by atoms with Crippen LogP contribution in [0.4, 0.5) is 5.69 Å².